The highest BCUT2D eigenvalue weighted by atomic mass is 16.5. The Morgan fingerprint density at radius 2 is 2.24 bits per heavy atom. The summed E-state index contributed by atoms with van der Waals surface area (Å²) in [6, 6.07) is 7.56. The third-order valence-electron chi connectivity index (χ3n) is 2.42. The molecule has 1 aromatic carbocycles. The molecule has 17 heavy (non-hydrogen) atoms. The van der Waals surface area contributed by atoms with Crippen LogP contribution in [0.1, 0.15) is 13.3 Å². The van der Waals surface area contributed by atoms with Crippen molar-refractivity contribution in [2.24, 2.45) is 5.84 Å². The van der Waals surface area contributed by atoms with Gasteiger partial charge in [0.15, 0.2) is 6.10 Å². The van der Waals surface area contributed by atoms with Gasteiger partial charge in [0.05, 0.1) is 0 Å². The number of nitrogens with one attached hydrogen (secondary N) is 1. The Morgan fingerprint density at radius 3 is 2.76 bits per heavy atom. The molecule has 3 N–H and O–H groups in total. The number of rotatable bonds is 5. The molecule has 1 rings (SSSR count). The van der Waals surface area contributed by atoms with E-state index in [2.05, 4.69) is 5.43 Å². The molecule has 0 aliphatic heterocycles. The third-order valence-corrected chi connectivity index (χ3v) is 2.42. The highest BCUT2D eigenvalue weighted by Gasteiger charge is 2.17. The van der Waals surface area contributed by atoms with E-state index in [9.17, 15) is 4.79 Å². The lowest BCUT2D eigenvalue weighted by molar-refractivity contribution is -0.128. The third kappa shape index (κ3) is 3.64. The van der Waals surface area contributed by atoms with Gasteiger partial charge in [-0.3, -0.25) is 10.2 Å². The first kappa shape index (κ1) is 13.3. The molecule has 5 heteroatoms. The molecule has 0 saturated heterocycles. The second-order valence-corrected chi connectivity index (χ2v) is 3.92. The van der Waals surface area contributed by atoms with Gasteiger partial charge in [-0.25, -0.2) is 5.84 Å². The average Bonchev–Trinajstić information content (AvgIpc) is 2.35. The fourth-order valence-corrected chi connectivity index (χ4v) is 1.41. The summed E-state index contributed by atoms with van der Waals surface area (Å²) in [6.45, 7) is 1.87. The number of hydrogen-bond acceptors (Lipinski definition) is 4. The summed E-state index contributed by atoms with van der Waals surface area (Å²) in [5.41, 5.74) is 3.12. The number of benzene rings is 1. The van der Waals surface area contributed by atoms with Crippen molar-refractivity contribution in [2.45, 2.75) is 19.4 Å². The molecular weight excluding hydrogens is 218 g/mol. The Morgan fingerprint density at radius 1 is 1.53 bits per heavy atom. The fourth-order valence-electron chi connectivity index (χ4n) is 1.41. The van der Waals surface area contributed by atoms with Gasteiger partial charge in [0.25, 0.3) is 5.91 Å². The van der Waals surface area contributed by atoms with Crippen LogP contribution in [0.3, 0.4) is 0 Å². The number of nitrogens with two attached hydrogens (primary N) is 1. The van der Waals surface area contributed by atoms with Crippen molar-refractivity contribution in [1.29, 1.82) is 0 Å². The van der Waals surface area contributed by atoms with E-state index in [4.69, 9.17) is 10.6 Å². The van der Waals surface area contributed by atoms with Crippen LogP contribution in [0.5, 0.6) is 5.75 Å². The van der Waals surface area contributed by atoms with Crippen LogP contribution in [0, 0.1) is 0 Å². The molecule has 0 heterocycles. The van der Waals surface area contributed by atoms with E-state index in [0.29, 0.717) is 12.2 Å². The zero-order valence-corrected chi connectivity index (χ0v) is 10.4. The van der Waals surface area contributed by atoms with Crippen LogP contribution in [-0.4, -0.2) is 26.1 Å². The van der Waals surface area contributed by atoms with Crippen LogP contribution < -0.4 is 20.9 Å². The summed E-state index contributed by atoms with van der Waals surface area (Å²) in [5.74, 6) is 5.43. The molecule has 0 saturated carbocycles. The Hall–Kier alpha value is -1.75. The van der Waals surface area contributed by atoms with Crippen LogP contribution in [0.25, 0.3) is 0 Å². The maximum absolute atomic E-state index is 11.4. The zero-order valence-electron chi connectivity index (χ0n) is 10.4. The van der Waals surface area contributed by atoms with Crippen molar-refractivity contribution in [3.05, 3.63) is 24.3 Å². The predicted molar refractivity (Wildman–Crippen MR) is 67.8 cm³/mol. The van der Waals surface area contributed by atoms with Crippen LogP contribution in [0.2, 0.25) is 0 Å². The minimum absolute atomic E-state index is 0.317. The molecule has 1 atom stereocenters. The largest absolute Gasteiger partial charge is 0.480 e. The quantitative estimate of drug-likeness (QED) is 0.453. The molecular formula is C12H19N3O2. The topological polar surface area (TPSA) is 67.6 Å². The Kier molecular flexibility index (Phi) is 4.78. The van der Waals surface area contributed by atoms with Crippen LogP contribution in [0.15, 0.2) is 24.3 Å². The van der Waals surface area contributed by atoms with Gasteiger partial charge in [-0.15, -0.1) is 0 Å². The standard InChI is InChI=1S/C12H19N3O2/c1-4-11(12(16)14-13)17-10-7-5-6-9(8-10)15(2)3/h5-8,11H,4,13H2,1-3H3,(H,14,16). The number of hydrogen-bond donors (Lipinski definition) is 2. The SMILES string of the molecule is CCC(Oc1cccc(N(C)C)c1)C(=O)NN. The first-order valence-corrected chi connectivity index (χ1v) is 5.53. The highest BCUT2D eigenvalue weighted by Crippen LogP contribution is 2.20. The first-order valence-electron chi connectivity index (χ1n) is 5.53. The normalized spacial score (nSPS) is 11.8. The van der Waals surface area contributed by atoms with Crippen LogP contribution >= 0.6 is 0 Å². The first-order chi connectivity index (χ1) is 8.08. The summed E-state index contributed by atoms with van der Waals surface area (Å²) >= 11 is 0. The number of carbonyl (C=O) groups excluding carboxylic acids is 1. The van der Waals surface area contributed by atoms with Crippen molar-refractivity contribution >= 4 is 11.6 Å². The number of carbonyl (C=O) groups is 1. The minimum atomic E-state index is -0.558. The summed E-state index contributed by atoms with van der Waals surface area (Å²) in [4.78, 5) is 13.4. The maximum atomic E-state index is 11.4. The van der Waals surface area contributed by atoms with Gasteiger partial charge in [0.1, 0.15) is 5.75 Å². The Balaban J connectivity index is 2.79. The second kappa shape index (κ2) is 6.10. The van der Waals surface area contributed by atoms with Gasteiger partial charge in [-0.2, -0.15) is 0 Å². The van der Waals surface area contributed by atoms with E-state index in [0.717, 1.165) is 5.69 Å². The molecule has 0 radical (unpaired) electrons. The van der Waals surface area contributed by atoms with E-state index in [1.54, 1.807) is 0 Å². The molecule has 0 aromatic heterocycles. The van der Waals surface area contributed by atoms with Gasteiger partial charge in [0, 0.05) is 25.8 Å². The van der Waals surface area contributed by atoms with Gasteiger partial charge >= 0.3 is 0 Å². The maximum Gasteiger partial charge on any atom is 0.274 e. The van der Waals surface area contributed by atoms with E-state index < -0.39 is 6.10 Å². The summed E-state index contributed by atoms with van der Waals surface area (Å²) in [6.07, 6.45) is 0.00676. The van der Waals surface area contributed by atoms with Crippen molar-refractivity contribution in [3.8, 4) is 5.75 Å². The monoisotopic (exact) mass is 237 g/mol. The summed E-state index contributed by atoms with van der Waals surface area (Å²) in [7, 11) is 3.89. The lowest BCUT2D eigenvalue weighted by Crippen LogP contribution is -2.41. The summed E-state index contributed by atoms with van der Waals surface area (Å²) in [5, 5.41) is 0. The molecule has 5 nitrogen and oxygen atoms in total. The number of amides is 1. The van der Waals surface area contributed by atoms with E-state index in [1.807, 2.05) is 50.2 Å². The number of hydrazine groups is 1. The molecule has 0 spiro atoms. The van der Waals surface area contributed by atoms with Gasteiger partial charge in [0.2, 0.25) is 0 Å². The van der Waals surface area contributed by atoms with E-state index >= 15 is 0 Å². The van der Waals surface area contributed by atoms with E-state index in [1.165, 1.54) is 0 Å². The molecule has 0 aliphatic carbocycles. The smallest absolute Gasteiger partial charge is 0.274 e. The lowest BCUT2D eigenvalue weighted by Gasteiger charge is -2.18. The van der Waals surface area contributed by atoms with Crippen molar-refractivity contribution in [2.75, 3.05) is 19.0 Å². The van der Waals surface area contributed by atoms with Crippen molar-refractivity contribution in [1.82, 2.24) is 5.43 Å². The summed E-state index contributed by atoms with van der Waals surface area (Å²) < 4.78 is 5.59. The second-order valence-electron chi connectivity index (χ2n) is 3.92. The zero-order chi connectivity index (χ0) is 12.8. The molecule has 0 bridgehead atoms. The van der Waals surface area contributed by atoms with Crippen LogP contribution in [-0.2, 0) is 4.79 Å². The fraction of sp³-hybridized carbons (Fsp3) is 0.417. The predicted octanol–water partition coefficient (Wildman–Crippen LogP) is 0.900. The highest BCUT2D eigenvalue weighted by molar-refractivity contribution is 5.80. The number of ether oxygens (including phenoxy) is 1. The molecule has 0 aliphatic rings. The number of nitrogens with zero attached hydrogens (tertiary/aromatic N) is 1. The lowest BCUT2D eigenvalue weighted by atomic mass is 10.2. The van der Waals surface area contributed by atoms with Gasteiger partial charge in [-0.05, 0) is 18.6 Å². The Labute approximate surface area is 102 Å². The molecule has 94 valence electrons. The van der Waals surface area contributed by atoms with Crippen molar-refractivity contribution < 1.29 is 9.53 Å². The van der Waals surface area contributed by atoms with Crippen LogP contribution in [0.4, 0.5) is 5.69 Å². The van der Waals surface area contributed by atoms with Crippen molar-refractivity contribution in [3.63, 3.8) is 0 Å². The molecule has 1 unspecified atom stereocenters. The average molecular weight is 237 g/mol. The van der Waals surface area contributed by atoms with Gasteiger partial charge in [-0.1, -0.05) is 13.0 Å². The minimum Gasteiger partial charge on any atom is -0.480 e. The number of anilines is 1. The van der Waals surface area contributed by atoms with E-state index in [-0.39, 0.29) is 5.91 Å². The molecule has 0 fully saturated rings. The van der Waals surface area contributed by atoms with Gasteiger partial charge < -0.3 is 9.64 Å². The molecule has 1 aromatic rings. The molecule has 1 amide bonds. The Bertz CT molecular complexity index is 380.